The highest BCUT2D eigenvalue weighted by atomic mass is 16.3. The molecule has 1 aliphatic carbocycles. The third-order valence-electron chi connectivity index (χ3n) is 3.17. The van der Waals surface area contributed by atoms with E-state index >= 15 is 0 Å². The number of benzene rings is 1. The maximum atomic E-state index is 9.76. The number of nitrogens with one attached hydrogen (secondary N) is 1. The van der Waals surface area contributed by atoms with Crippen molar-refractivity contribution in [1.82, 2.24) is 5.32 Å². The zero-order valence-electron chi connectivity index (χ0n) is 10.4. The summed E-state index contributed by atoms with van der Waals surface area (Å²) in [4.78, 5) is 0. The summed E-state index contributed by atoms with van der Waals surface area (Å²) in [6.45, 7) is 7.59. The van der Waals surface area contributed by atoms with Crippen molar-refractivity contribution in [2.75, 3.05) is 6.54 Å². The molecule has 2 N–H and O–H groups in total. The quantitative estimate of drug-likeness (QED) is 0.801. The molecular weight excluding hydrogens is 198 g/mol. The molecule has 0 bridgehead atoms. The Kier molecular flexibility index (Phi) is 2.94. The molecule has 16 heavy (non-hydrogen) atoms. The fraction of sp³-hybridized carbons (Fsp3) is 0.571. The van der Waals surface area contributed by atoms with Crippen LogP contribution < -0.4 is 5.32 Å². The van der Waals surface area contributed by atoms with Gasteiger partial charge in [0, 0.05) is 5.54 Å². The van der Waals surface area contributed by atoms with E-state index in [1.807, 2.05) is 6.07 Å². The molecular formula is C14H21NO. The van der Waals surface area contributed by atoms with Crippen LogP contribution in [0.15, 0.2) is 18.2 Å². The van der Waals surface area contributed by atoms with Gasteiger partial charge in [0.1, 0.15) is 5.75 Å². The molecule has 1 aromatic rings. The fourth-order valence-corrected chi connectivity index (χ4v) is 2.31. The molecule has 0 heterocycles. The molecule has 0 aromatic heterocycles. The third-order valence-corrected chi connectivity index (χ3v) is 3.17. The van der Waals surface area contributed by atoms with E-state index in [1.165, 1.54) is 5.56 Å². The topological polar surface area (TPSA) is 32.3 Å². The van der Waals surface area contributed by atoms with Crippen molar-refractivity contribution in [2.24, 2.45) is 5.92 Å². The number of phenols is 1. The Labute approximate surface area is 97.7 Å². The van der Waals surface area contributed by atoms with E-state index in [-0.39, 0.29) is 5.54 Å². The second-order valence-electron chi connectivity index (χ2n) is 5.82. The first-order valence-electron chi connectivity index (χ1n) is 6.00. The number of hydrogen-bond donors (Lipinski definition) is 2. The predicted molar refractivity (Wildman–Crippen MR) is 66.8 cm³/mol. The van der Waals surface area contributed by atoms with E-state index in [9.17, 15) is 5.11 Å². The molecule has 1 unspecified atom stereocenters. The van der Waals surface area contributed by atoms with Crippen molar-refractivity contribution in [3.63, 3.8) is 0 Å². The van der Waals surface area contributed by atoms with Crippen molar-refractivity contribution in [1.29, 1.82) is 0 Å². The first-order valence-corrected chi connectivity index (χ1v) is 6.00. The van der Waals surface area contributed by atoms with Crippen LogP contribution in [0.2, 0.25) is 0 Å². The zero-order valence-corrected chi connectivity index (χ0v) is 10.4. The Morgan fingerprint density at radius 2 is 2.06 bits per heavy atom. The van der Waals surface area contributed by atoms with Crippen LogP contribution >= 0.6 is 0 Å². The Morgan fingerprint density at radius 3 is 2.69 bits per heavy atom. The van der Waals surface area contributed by atoms with Gasteiger partial charge in [-0.2, -0.15) is 0 Å². The molecule has 0 radical (unpaired) electrons. The van der Waals surface area contributed by atoms with Crippen molar-refractivity contribution in [3.05, 3.63) is 29.3 Å². The normalized spacial score (nSPS) is 19.8. The van der Waals surface area contributed by atoms with Crippen LogP contribution in [-0.2, 0) is 12.8 Å². The fourth-order valence-electron chi connectivity index (χ4n) is 2.31. The molecule has 2 rings (SSSR count). The second kappa shape index (κ2) is 4.10. The van der Waals surface area contributed by atoms with Crippen LogP contribution in [0.4, 0.5) is 0 Å². The van der Waals surface area contributed by atoms with Crippen molar-refractivity contribution in [3.8, 4) is 5.75 Å². The molecule has 0 spiro atoms. The van der Waals surface area contributed by atoms with Crippen LogP contribution in [0.3, 0.4) is 0 Å². The van der Waals surface area contributed by atoms with E-state index in [2.05, 4.69) is 32.2 Å². The Balaban J connectivity index is 1.98. The maximum Gasteiger partial charge on any atom is 0.119 e. The number of aromatic hydroxyl groups is 1. The Hall–Kier alpha value is -1.02. The summed E-state index contributed by atoms with van der Waals surface area (Å²) in [5.41, 5.74) is 2.65. The van der Waals surface area contributed by atoms with E-state index in [1.54, 1.807) is 6.07 Å². The monoisotopic (exact) mass is 219 g/mol. The van der Waals surface area contributed by atoms with E-state index in [0.717, 1.165) is 24.9 Å². The molecule has 1 atom stereocenters. The van der Waals surface area contributed by atoms with E-state index in [4.69, 9.17) is 0 Å². The smallest absolute Gasteiger partial charge is 0.119 e. The lowest BCUT2D eigenvalue weighted by Gasteiger charge is -2.23. The number of fused-ring (bicyclic) bond motifs is 1. The number of rotatable bonds is 2. The lowest BCUT2D eigenvalue weighted by molar-refractivity contribution is 0.375. The highest BCUT2D eigenvalue weighted by Crippen LogP contribution is 2.32. The lowest BCUT2D eigenvalue weighted by Crippen LogP contribution is -2.39. The Bertz CT molecular complexity index is 379. The van der Waals surface area contributed by atoms with Gasteiger partial charge in [-0.05, 0) is 63.3 Å². The highest BCUT2D eigenvalue weighted by molar-refractivity contribution is 5.42. The minimum atomic E-state index is 0.177. The summed E-state index contributed by atoms with van der Waals surface area (Å²) in [6, 6.07) is 5.86. The van der Waals surface area contributed by atoms with Gasteiger partial charge in [0.2, 0.25) is 0 Å². The van der Waals surface area contributed by atoms with E-state index in [0.29, 0.717) is 11.7 Å². The molecule has 0 aliphatic heterocycles. The van der Waals surface area contributed by atoms with Crippen LogP contribution in [-0.4, -0.2) is 17.2 Å². The summed E-state index contributed by atoms with van der Waals surface area (Å²) in [6.07, 6.45) is 2.10. The highest BCUT2D eigenvalue weighted by Gasteiger charge is 2.24. The van der Waals surface area contributed by atoms with Gasteiger partial charge in [0.05, 0.1) is 0 Å². The molecule has 88 valence electrons. The van der Waals surface area contributed by atoms with Gasteiger partial charge in [0.15, 0.2) is 0 Å². The van der Waals surface area contributed by atoms with Gasteiger partial charge in [-0.15, -0.1) is 0 Å². The number of hydrogen-bond acceptors (Lipinski definition) is 2. The van der Waals surface area contributed by atoms with Gasteiger partial charge in [-0.3, -0.25) is 0 Å². The molecule has 1 aliphatic rings. The van der Waals surface area contributed by atoms with Crippen LogP contribution in [0.5, 0.6) is 5.75 Å². The molecule has 0 amide bonds. The third kappa shape index (κ3) is 2.56. The van der Waals surface area contributed by atoms with Crippen LogP contribution in [0, 0.1) is 5.92 Å². The van der Waals surface area contributed by atoms with Gasteiger partial charge in [-0.1, -0.05) is 12.1 Å². The summed E-state index contributed by atoms with van der Waals surface area (Å²) in [5.74, 6) is 1.10. The van der Waals surface area contributed by atoms with Crippen LogP contribution in [0.1, 0.15) is 31.9 Å². The lowest BCUT2D eigenvalue weighted by atomic mass is 10.0. The summed E-state index contributed by atoms with van der Waals surface area (Å²) in [5, 5.41) is 13.3. The predicted octanol–water partition coefficient (Wildman–Crippen LogP) is 2.50. The van der Waals surface area contributed by atoms with E-state index < -0.39 is 0 Å². The van der Waals surface area contributed by atoms with Gasteiger partial charge in [0.25, 0.3) is 0 Å². The van der Waals surface area contributed by atoms with Crippen molar-refractivity contribution in [2.45, 2.75) is 39.2 Å². The largest absolute Gasteiger partial charge is 0.508 e. The van der Waals surface area contributed by atoms with Gasteiger partial charge >= 0.3 is 0 Å². The van der Waals surface area contributed by atoms with Crippen molar-refractivity contribution >= 4 is 0 Å². The molecule has 2 nitrogen and oxygen atoms in total. The summed E-state index contributed by atoms with van der Waals surface area (Å²) >= 11 is 0. The first-order chi connectivity index (χ1) is 7.46. The van der Waals surface area contributed by atoms with Crippen LogP contribution in [0.25, 0.3) is 0 Å². The molecule has 1 aromatic carbocycles. The van der Waals surface area contributed by atoms with Gasteiger partial charge < -0.3 is 10.4 Å². The number of phenolic OH excluding ortho intramolecular Hbond substituents is 1. The molecule has 0 saturated heterocycles. The SMILES string of the molecule is CC(C)(C)NCC1Cc2cccc(O)c2C1. The Morgan fingerprint density at radius 1 is 1.31 bits per heavy atom. The first kappa shape index (κ1) is 11.5. The summed E-state index contributed by atoms with van der Waals surface area (Å²) in [7, 11) is 0. The second-order valence-corrected chi connectivity index (χ2v) is 5.82. The van der Waals surface area contributed by atoms with Gasteiger partial charge in [-0.25, -0.2) is 0 Å². The standard InChI is InChI=1S/C14H21NO/c1-14(2,3)15-9-10-7-11-5-4-6-13(16)12(11)8-10/h4-6,10,15-16H,7-9H2,1-3H3. The molecule has 0 fully saturated rings. The summed E-state index contributed by atoms with van der Waals surface area (Å²) < 4.78 is 0. The minimum absolute atomic E-state index is 0.177. The molecule has 0 saturated carbocycles. The average molecular weight is 219 g/mol. The maximum absolute atomic E-state index is 9.76. The van der Waals surface area contributed by atoms with Crippen molar-refractivity contribution < 1.29 is 5.11 Å². The zero-order chi connectivity index (χ0) is 11.8. The minimum Gasteiger partial charge on any atom is -0.508 e. The molecule has 2 heteroatoms. The average Bonchev–Trinajstić information content (AvgIpc) is 2.58.